The quantitative estimate of drug-likeness (QED) is 0.888. The monoisotopic (exact) mass is 292 g/mol. The average Bonchev–Trinajstić information content (AvgIpc) is 2.92. The molecule has 2 aromatic rings. The van der Waals surface area contributed by atoms with Crippen LogP contribution in [0.1, 0.15) is 18.2 Å². The van der Waals surface area contributed by atoms with Gasteiger partial charge in [-0.15, -0.1) is 0 Å². The number of carbonyl (C=O) groups excluding carboxylic acids is 1. The Morgan fingerprint density at radius 1 is 1.40 bits per heavy atom. The summed E-state index contributed by atoms with van der Waals surface area (Å²) in [7, 11) is 0. The summed E-state index contributed by atoms with van der Waals surface area (Å²) in [5.41, 5.74) is 1.83. The van der Waals surface area contributed by atoms with E-state index in [9.17, 15) is 4.79 Å². The van der Waals surface area contributed by atoms with E-state index in [1.165, 1.54) is 0 Å². The van der Waals surface area contributed by atoms with Gasteiger partial charge in [0.05, 0.1) is 23.5 Å². The maximum atomic E-state index is 12.0. The van der Waals surface area contributed by atoms with Crippen LogP contribution < -0.4 is 10.6 Å². The third-order valence-corrected chi connectivity index (χ3v) is 3.22. The molecule has 0 aliphatic rings. The lowest BCUT2D eigenvalue weighted by Crippen LogP contribution is -2.37. The van der Waals surface area contributed by atoms with Crippen molar-refractivity contribution < 1.29 is 9.21 Å². The molecule has 1 unspecified atom stereocenters. The van der Waals surface area contributed by atoms with E-state index in [1.54, 1.807) is 19.3 Å². The lowest BCUT2D eigenvalue weighted by atomic mass is 10.2. The first-order valence-electron chi connectivity index (χ1n) is 6.39. The number of amides is 1. The fourth-order valence-electron chi connectivity index (χ4n) is 1.78. The van der Waals surface area contributed by atoms with Crippen molar-refractivity contribution in [3.63, 3.8) is 0 Å². The number of rotatable bonds is 5. The largest absolute Gasteiger partial charge is 0.467 e. The molecule has 0 bridgehead atoms. The second kappa shape index (κ2) is 6.48. The van der Waals surface area contributed by atoms with Crippen molar-refractivity contribution in [2.45, 2.75) is 26.4 Å². The molecule has 1 aromatic carbocycles. The summed E-state index contributed by atoms with van der Waals surface area (Å²) in [5.74, 6) is 0.608. The van der Waals surface area contributed by atoms with Crippen LogP contribution in [0.5, 0.6) is 0 Å². The molecule has 0 fully saturated rings. The fourth-order valence-corrected chi connectivity index (χ4v) is 2.07. The van der Waals surface area contributed by atoms with Gasteiger partial charge in [-0.1, -0.05) is 17.7 Å². The smallest absolute Gasteiger partial charge is 0.242 e. The van der Waals surface area contributed by atoms with Crippen LogP contribution >= 0.6 is 11.6 Å². The van der Waals surface area contributed by atoms with E-state index in [0.717, 1.165) is 17.0 Å². The van der Waals surface area contributed by atoms with E-state index >= 15 is 0 Å². The van der Waals surface area contributed by atoms with Crippen molar-refractivity contribution in [2.75, 3.05) is 5.32 Å². The minimum absolute atomic E-state index is 0.113. The zero-order valence-electron chi connectivity index (χ0n) is 11.4. The molecule has 1 aromatic heterocycles. The van der Waals surface area contributed by atoms with Gasteiger partial charge in [-0.05, 0) is 43.7 Å². The molecule has 2 rings (SSSR count). The molecule has 0 radical (unpaired) electrons. The van der Waals surface area contributed by atoms with Gasteiger partial charge < -0.3 is 15.1 Å². The summed E-state index contributed by atoms with van der Waals surface area (Å²) in [6, 6.07) is 8.89. The average molecular weight is 293 g/mol. The van der Waals surface area contributed by atoms with Crippen LogP contribution in [-0.2, 0) is 11.3 Å². The molecular formula is C15H17ClN2O2. The number of anilines is 1. The fraction of sp³-hybridized carbons (Fsp3) is 0.267. The van der Waals surface area contributed by atoms with E-state index in [4.69, 9.17) is 16.0 Å². The van der Waals surface area contributed by atoms with Crippen molar-refractivity contribution in [3.8, 4) is 0 Å². The predicted octanol–water partition coefficient (Wildman–Crippen LogP) is 3.36. The second-order valence-corrected chi connectivity index (χ2v) is 5.05. The Kier molecular flexibility index (Phi) is 4.69. The van der Waals surface area contributed by atoms with Crippen LogP contribution in [0.25, 0.3) is 0 Å². The number of benzene rings is 1. The second-order valence-electron chi connectivity index (χ2n) is 4.65. The molecule has 1 heterocycles. The van der Waals surface area contributed by atoms with Gasteiger partial charge in [0.1, 0.15) is 11.8 Å². The number of carbonyl (C=O) groups is 1. The van der Waals surface area contributed by atoms with Gasteiger partial charge in [0.15, 0.2) is 0 Å². The zero-order valence-corrected chi connectivity index (χ0v) is 12.2. The van der Waals surface area contributed by atoms with Crippen LogP contribution in [0.3, 0.4) is 0 Å². The van der Waals surface area contributed by atoms with E-state index in [-0.39, 0.29) is 11.9 Å². The lowest BCUT2D eigenvalue weighted by Gasteiger charge is -2.16. The topological polar surface area (TPSA) is 54.3 Å². The Balaban J connectivity index is 1.90. The highest BCUT2D eigenvalue weighted by molar-refractivity contribution is 6.33. The Labute approximate surface area is 123 Å². The highest BCUT2D eigenvalue weighted by Gasteiger charge is 2.14. The van der Waals surface area contributed by atoms with Crippen molar-refractivity contribution in [3.05, 3.63) is 52.9 Å². The van der Waals surface area contributed by atoms with Crippen molar-refractivity contribution in [1.29, 1.82) is 0 Å². The first kappa shape index (κ1) is 14.5. The Bertz CT molecular complexity index is 582. The van der Waals surface area contributed by atoms with Gasteiger partial charge in [-0.2, -0.15) is 0 Å². The third-order valence-electron chi connectivity index (χ3n) is 2.91. The minimum atomic E-state index is -0.384. The number of halogens is 1. The minimum Gasteiger partial charge on any atom is -0.467 e. The van der Waals surface area contributed by atoms with Crippen LogP contribution in [-0.4, -0.2) is 11.9 Å². The van der Waals surface area contributed by atoms with E-state index in [2.05, 4.69) is 10.6 Å². The number of hydrogen-bond donors (Lipinski definition) is 2. The van der Waals surface area contributed by atoms with Crippen LogP contribution in [0.2, 0.25) is 5.02 Å². The zero-order chi connectivity index (χ0) is 14.5. The third kappa shape index (κ3) is 3.78. The normalized spacial score (nSPS) is 11.9. The molecule has 106 valence electrons. The standard InChI is InChI=1S/C15H17ClN2O2/c1-10-5-6-14(13(16)8-10)18-11(2)15(19)17-9-12-4-3-7-20-12/h3-8,11,18H,9H2,1-2H3,(H,17,19). The van der Waals surface area contributed by atoms with Gasteiger partial charge in [-0.25, -0.2) is 0 Å². The van der Waals surface area contributed by atoms with E-state index < -0.39 is 0 Å². The number of furan rings is 1. The molecule has 0 spiro atoms. The molecule has 0 aliphatic carbocycles. The highest BCUT2D eigenvalue weighted by atomic mass is 35.5. The molecule has 2 N–H and O–H groups in total. The number of aryl methyl sites for hydroxylation is 1. The summed E-state index contributed by atoms with van der Waals surface area (Å²) >= 11 is 6.13. The van der Waals surface area contributed by atoms with Crippen molar-refractivity contribution >= 4 is 23.2 Å². The molecule has 4 nitrogen and oxygen atoms in total. The number of nitrogens with one attached hydrogen (secondary N) is 2. The summed E-state index contributed by atoms with van der Waals surface area (Å²) in [4.78, 5) is 12.0. The predicted molar refractivity (Wildman–Crippen MR) is 79.8 cm³/mol. The van der Waals surface area contributed by atoms with Gasteiger partial charge >= 0.3 is 0 Å². The molecular weight excluding hydrogens is 276 g/mol. The van der Waals surface area contributed by atoms with E-state index in [1.807, 2.05) is 31.2 Å². The lowest BCUT2D eigenvalue weighted by molar-refractivity contribution is -0.121. The summed E-state index contributed by atoms with van der Waals surface area (Å²) in [5, 5.41) is 6.50. The van der Waals surface area contributed by atoms with Gasteiger partial charge in [0.25, 0.3) is 0 Å². The Morgan fingerprint density at radius 3 is 2.85 bits per heavy atom. The molecule has 0 saturated carbocycles. The van der Waals surface area contributed by atoms with Gasteiger partial charge in [0.2, 0.25) is 5.91 Å². The van der Waals surface area contributed by atoms with Crippen LogP contribution in [0, 0.1) is 6.92 Å². The SMILES string of the molecule is Cc1ccc(NC(C)C(=O)NCc2ccco2)c(Cl)c1. The van der Waals surface area contributed by atoms with Gasteiger partial charge in [-0.3, -0.25) is 4.79 Å². The molecule has 0 saturated heterocycles. The molecule has 1 atom stereocenters. The summed E-state index contributed by atoms with van der Waals surface area (Å²) < 4.78 is 5.16. The molecule has 1 amide bonds. The summed E-state index contributed by atoms with van der Waals surface area (Å²) in [6.45, 7) is 4.13. The Hall–Kier alpha value is -1.94. The van der Waals surface area contributed by atoms with Crippen LogP contribution in [0.15, 0.2) is 41.0 Å². The maximum absolute atomic E-state index is 12.0. The van der Waals surface area contributed by atoms with Crippen LogP contribution in [0.4, 0.5) is 5.69 Å². The number of hydrogen-bond acceptors (Lipinski definition) is 3. The highest BCUT2D eigenvalue weighted by Crippen LogP contribution is 2.23. The maximum Gasteiger partial charge on any atom is 0.242 e. The van der Waals surface area contributed by atoms with Crippen molar-refractivity contribution in [2.24, 2.45) is 0 Å². The van der Waals surface area contributed by atoms with Crippen molar-refractivity contribution in [1.82, 2.24) is 5.32 Å². The molecule has 5 heteroatoms. The Morgan fingerprint density at radius 2 is 2.20 bits per heavy atom. The van der Waals surface area contributed by atoms with E-state index in [0.29, 0.717) is 11.6 Å². The molecule has 20 heavy (non-hydrogen) atoms. The molecule has 0 aliphatic heterocycles. The first-order chi connectivity index (χ1) is 9.56. The first-order valence-corrected chi connectivity index (χ1v) is 6.77. The summed E-state index contributed by atoms with van der Waals surface area (Å²) in [6.07, 6.45) is 1.58. The van der Waals surface area contributed by atoms with Gasteiger partial charge in [0, 0.05) is 0 Å².